The van der Waals surface area contributed by atoms with Crippen LogP contribution in [0, 0.1) is 0 Å². The number of methoxy groups -OCH3 is 1. The molecule has 2 aromatic rings. The Kier molecular flexibility index (Phi) is 5.40. The number of hydrogen-bond donors (Lipinski definition) is 2. The van der Waals surface area contributed by atoms with Crippen molar-refractivity contribution in [2.45, 2.75) is 26.0 Å². The van der Waals surface area contributed by atoms with E-state index in [1.54, 1.807) is 24.1 Å². The molecule has 1 atom stereocenters. The lowest BCUT2D eigenvalue weighted by Gasteiger charge is -2.14. The van der Waals surface area contributed by atoms with Crippen molar-refractivity contribution in [3.8, 4) is 11.5 Å². The minimum atomic E-state index is -0.305. The number of aromatic nitrogens is 2. The Balaban J connectivity index is 1.56. The summed E-state index contributed by atoms with van der Waals surface area (Å²) in [5, 5.41) is 9.67. The summed E-state index contributed by atoms with van der Waals surface area (Å²) in [5.74, 6) is 1.00. The number of likely N-dealkylation sites (tertiary alicyclic amines) is 1. The lowest BCUT2D eigenvalue weighted by molar-refractivity contribution is -0.127. The average Bonchev–Trinajstić information content (AvgIpc) is 3.26. The Bertz CT molecular complexity index is 789. The molecule has 0 saturated carbocycles. The van der Waals surface area contributed by atoms with Gasteiger partial charge in [-0.3, -0.25) is 14.7 Å². The molecule has 0 aliphatic carbocycles. The fraction of sp³-hybridized carbons (Fsp3) is 0.389. The molecule has 8 heteroatoms. The van der Waals surface area contributed by atoms with Gasteiger partial charge < -0.3 is 19.7 Å². The van der Waals surface area contributed by atoms with Crippen LogP contribution in [0.1, 0.15) is 29.5 Å². The first-order valence-electron chi connectivity index (χ1n) is 8.49. The zero-order chi connectivity index (χ0) is 18.5. The van der Waals surface area contributed by atoms with E-state index in [1.807, 2.05) is 25.1 Å². The van der Waals surface area contributed by atoms with Gasteiger partial charge in [0, 0.05) is 19.5 Å². The van der Waals surface area contributed by atoms with Crippen LogP contribution in [-0.4, -0.2) is 53.2 Å². The number of hydrogen-bond acceptors (Lipinski definition) is 5. The van der Waals surface area contributed by atoms with Crippen molar-refractivity contribution in [2.24, 2.45) is 0 Å². The molecule has 138 valence electrons. The molecule has 1 saturated heterocycles. The quantitative estimate of drug-likeness (QED) is 0.779. The molecule has 1 aromatic heterocycles. The second-order valence-electron chi connectivity index (χ2n) is 6.02. The molecule has 26 heavy (non-hydrogen) atoms. The van der Waals surface area contributed by atoms with E-state index in [0.717, 1.165) is 0 Å². The van der Waals surface area contributed by atoms with Crippen molar-refractivity contribution in [2.75, 3.05) is 20.2 Å². The van der Waals surface area contributed by atoms with E-state index < -0.39 is 0 Å². The SMILES string of the molecule is CCN1C[C@@H](NC(=O)c2cc(COc3ccccc3OC)[nH]n2)CC1=O. The van der Waals surface area contributed by atoms with Crippen molar-refractivity contribution in [1.82, 2.24) is 20.4 Å². The highest BCUT2D eigenvalue weighted by Crippen LogP contribution is 2.26. The van der Waals surface area contributed by atoms with Crippen LogP contribution in [-0.2, 0) is 11.4 Å². The topological polar surface area (TPSA) is 96.6 Å². The highest BCUT2D eigenvalue weighted by Gasteiger charge is 2.30. The van der Waals surface area contributed by atoms with E-state index in [-0.39, 0.29) is 30.2 Å². The Hall–Kier alpha value is -3.03. The summed E-state index contributed by atoms with van der Waals surface area (Å²) in [7, 11) is 1.58. The minimum absolute atomic E-state index is 0.0609. The maximum absolute atomic E-state index is 12.3. The summed E-state index contributed by atoms with van der Waals surface area (Å²) in [5.41, 5.74) is 0.935. The summed E-state index contributed by atoms with van der Waals surface area (Å²) in [4.78, 5) is 25.8. The number of nitrogens with one attached hydrogen (secondary N) is 2. The van der Waals surface area contributed by atoms with Gasteiger partial charge in [0.05, 0.1) is 18.8 Å². The number of carbonyl (C=O) groups is 2. The van der Waals surface area contributed by atoms with E-state index in [9.17, 15) is 9.59 Å². The normalized spacial score (nSPS) is 16.6. The fourth-order valence-corrected chi connectivity index (χ4v) is 2.88. The predicted octanol–water partition coefficient (Wildman–Crippen LogP) is 1.35. The van der Waals surface area contributed by atoms with Gasteiger partial charge in [-0.05, 0) is 25.1 Å². The van der Waals surface area contributed by atoms with E-state index >= 15 is 0 Å². The average molecular weight is 358 g/mol. The molecule has 1 fully saturated rings. The Morgan fingerprint density at radius 3 is 2.85 bits per heavy atom. The van der Waals surface area contributed by atoms with Crippen LogP contribution in [0.5, 0.6) is 11.5 Å². The molecule has 1 aromatic carbocycles. The van der Waals surface area contributed by atoms with E-state index in [1.165, 1.54) is 0 Å². The number of carbonyl (C=O) groups excluding carboxylic acids is 2. The van der Waals surface area contributed by atoms with Crippen molar-refractivity contribution < 1.29 is 19.1 Å². The predicted molar refractivity (Wildman–Crippen MR) is 94.0 cm³/mol. The van der Waals surface area contributed by atoms with Crippen molar-refractivity contribution >= 4 is 11.8 Å². The number of para-hydroxylation sites is 2. The lowest BCUT2D eigenvalue weighted by atomic mass is 10.2. The summed E-state index contributed by atoms with van der Waals surface area (Å²) in [6, 6.07) is 8.78. The Morgan fingerprint density at radius 1 is 1.38 bits per heavy atom. The van der Waals surface area contributed by atoms with Crippen molar-refractivity contribution in [3.63, 3.8) is 0 Å². The van der Waals surface area contributed by atoms with Gasteiger partial charge in [0.1, 0.15) is 12.3 Å². The van der Waals surface area contributed by atoms with Crippen LogP contribution in [0.4, 0.5) is 0 Å². The molecule has 3 rings (SSSR count). The molecule has 0 bridgehead atoms. The summed E-state index contributed by atoms with van der Waals surface area (Å²) in [6.45, 7) is 3.34. The zero-order valence-corrected chi connectivity index (χ0v) is 14.8. The molecule has 1 aliphatic heterocycles. The van der Waals surface area contributed by atoms with Gasteiger partial charge in [-0.25, -0.2) is 0 Å². The third kappa shape index (κ3) is 3.96. The summed E-state index contributed by atoms with van der Waals surface area (Å²) in [6.07, 6.45) is 0.327. The van der Waals surface area contributed by atoms with Gasteiger partial charge >= 0.3 is 0 Å². The number of benzene rings is 1. The van der Waals surface area contributed by atoms with Crippen LogP contribution < -0.4 is 14.8 Å². The number of ether oxygens (including phenoxy) is 2. The molecule has 0 spiro atoms. The smallest absolute Gasteiger partial charge is 0.272 e. The first-order chi connectivity index (χ1) is 12.6. The summed E-state index contributed by atoms with van der Waals surface area (Å²) < 4.78 is 10.9. The van der Waals surface area contributed by atoms with E-state index in [0.29, 0.717) is 36.7 Å². The van der Waals surface area contributed by atoms with Crippen LogP contribution in [0.3, 0.4) is 0 Å². The number of H-pyrrole nitrogens is 1. The van der Waals surface area contributed by atoms with Gasteiger partial charge in [0.15, 0.2) is 11.5 Å². The lowest BCUT2D eigenvalue weighted by Crippen LogP contribution is -2.37. The van der Waals surface area contributed by atoms with E-state index in [2.05, 4.69) is 15.5 Å². The van der Waals surface area contributed by atoms with Crippen LogP contribution in [0.15, 0.2) is 30.3 Å². The van der Waals surface area contributed by atoms with Gasteiger partial charge in [0.2, 0.25) is 5.91 Å². The van der Waals surface area contributed by atoms with E-state index in [4.69, 9.17) is 9.47 Å². The van der Waals surface area contributed by atoms with Crippen LogP contribution >= 0.6 is 0 Å². The molecular formula is C18H22N4O4. The van der Waals surface area contributed by atoms with Crippen molar-refractivity contribution in [3.05, 3.63) is 41.7 Å². The third-order valence-electron chi connectivity index (χ3n) is 4.25. The number of likely N-dealkylation sites (N-methyl/N-ethyl adjacent to an activating group) is 1. The number of nitrogens with zero attached hydrogens (tertiary/aromatic N) is 2. The Morgan fingerprint density at radius 2 is 2.15 bits per heavy atom. The van der Waals surface area contributed by atoms with Gasteiger partial charge in [0.25, 0.3) is 5.91 Å². The number of aromatic amines is 1. The number of rotatable bonds is 7. The van der Waals surface area contributed by atoms with Gasteiger partial charge in [-0.2, -0.15) is 5.10 Å². The molecule has 2 amide bonds. The minimum Gasteiger partial charge on any atom is -0.493 e. The third-order valence-corrected chi connectivity index (χ3v) is 4.25. The molecule has 2 heterocycles. The maximum atomic E-state index is 12.3. The highest BCUT2D eigenvalue weighted by atomic mass is 16.5. The van der Waals surface area contributed by atoms with Crippen molar-refractivity contribution in [1.29, 1.82) is 0 Å². The van der Waals surface area contributed by atoms with Crippen LogP contribution in [0.2, 0.25) is 0 Å². The first-order valence-corrected chi connectivity index (χ1v) is 8.49. The standard InChI is InChI=1S/C18H22N4O4/c1-3-22-10-12(9-17(22)23)19-18(24)14-8-13(20-21-14)11-26-16-7-5-4-6-15(16)25-2/h4-8,12H,3,9-11H2,1-2H3,(H,19,24)(H,20,21)/t12-/m0/s1. The first kappa shape index (κ1) is 17.8. The second kappa shape index (κ2) is 7.90. The van der Waals surface area contributed by atoms with Gasteiger partial charge in [-0.15, -0.1) is 0 Å². The molecular weight excluding hydrogens is 336 g/mol. The molecule has 0 unspecified atom stereocenters. The molecule has 2 N–H and O–H groups in total. The van der Waals surface area contributed by atoms with Gasteiger partial charge in [-0.1, -0.05) is 12.1 Å². The Labute approximate surface area is 151 Å². The molecule has 8 nitrogen and oxygen atoms in total. The molecule has 1 aliphatic rings. The summed E-state index contributed by atoms with van der Waals surface area (Å²) >= 11 is 0. The largest absolute Gasteiger partial charge is 0.493 e. The van der Waals surface area contributed by atoms with Crippen LogP contribution in [0.25, 0.3) is 0 Å². The zero-order valence-electron chi connectivity index (χ0n) is 14.8. The monoisotopic (exact) mass is 358 g/mol. The second-order valence-corrected chi connectivity index (χ2v) is 6.02. The fourth-order valence-electron chi connectivity index (χ4n) is 2.88. The molecule has 0 radical (unpaired) electrons. The number of amides is 2. The highest BCUT2D eigenvalue weighted by molar-refractivity contribution is 5.93. The maximum Gasteiger partial charge on any atom is 0.272 e.